The first-order valence-electron chi connectivity index (χ1n) is 7.11. The van der Waals surface area contributed by atoms with E-state index < -0.39 is 0 Å². The lowest BCUT2D eigenvalue weighted by atomic mass is 10.1. The fourth-order valence-corrected chi connectivity index (χ4v) is 3.69. The summed E-state index contributed by atoms with van der Waals surface area (Å²) in [6.45, 7) is 1.45. The number of carbonyl (C=O) groups is 2. The van der Waals surface area contributed by atoms with Crippen LogP contribution in [0.2, 0.25) is 0 Å². The van der Waals surface area contributed by atoms with Crippen molar-refractivity contribution in [2.24, 2.45) is 0 Å². The zero-order valence-corrected chi connectivity index (χ0v) is 13.3. The molecule has 0 unspecified atom stereocenters. The lowest BCUT2D eigenvalue weighted by molar-refractivity contribution is -0.116. The number of thioether (sulfide) groups is 1. The third-order valence-electron chi connectivity index (χ3n) is 3.47. The Morgan fingerprint density at radius 3 is 2.65 bits per heavy atom. The fraction of sp³-hybridized carbons (Fsp3) is 0.176. The molecule has 2 aromatic carbocycles. The number of hydrogen-bond donors (Lipinski definition) is 1. The lowest BCUT2D eigenvalue weighted by Crippen LogP contribution is -2.27. The third-order valence-corrected chi connectivity index (χ3v) is 4.68. The summed E-state index contributed by atoms with van der Waals surface area (Å²) in [5.74, 6) is -0.192. The van der Waals surface area contributed by atoms with Crippen LogP contribution in [0.1, 0.15) is 17.9 Å². The van der Waals surface area contributed by atoms with Gasteiger partial charge in [-0.15, -0.1) is 11.8 Å². The topological polar surface area (TPSA) is 49.4 Å². The van der Waals surface area contributed by atoms with E-state index >= 15 is 0 Å². The van der Waals surface area contributed by atoms with Crippen molar-refractivity contribution in [3.8, 4) is 0 Å². The van der Waals surface area contributed by atoms with Gasteiger partial charge in [-0.25, -0.2) is 4.39 Å². The largest absolute Gasteiger partial charge is 0.326 e. The Kier molecular flexibility index (Phi) is 4.34. The molecule has 3 rings (SSSR count). The van der Waals surface area contributed by atoms with Crippen molar-refractivity contribution in [3.05, 3.63) is 59.9 Å². The number of hydrogen-bond acceptors (Lipinski definition) is 3. The number of anilines is 2. The summed E-state index contributed by atoms with van der Waals surface area (Å²) in [6.07, 6.45) is 0. The minimum atomic E-state index is -0.369. The summed E-state index contributed by atoms with van der Waals surface area (Å²) in [5.41, 5.74) is 2.18. The van der Waals surface area contributed by atoms with E-state index in [4.69, 9.17) is 0 Å². The standard InChI is InChI=1S/C17H15FN2O2S/c1-11(21)19-14-7-5-12(6-8-14)17-20(16(22)10-23-17)15-4-2-3-13(18)9-15/h2-9,17H,10H2,1H3,(H,19,21)/t17-/m0/s1. The smallest absolute Gasteiger partial charge is 0.238 e. The monoisotopic (exact) mass is 330 g/mol. The van der Waals surface area contributed by atoms with Gasteiger partial charge in [0, 0.05) is 18.3 Å². The second-order valence-corrected chi connectivity index (χ2v) is 6.28. The summed E-state index contributed by atoms with van der Waals surface area (Å²) in [4.78, 5) is 24.9. The molecule has 1 N–H and O–H groups in total. The number of halogens is 1. The van der Waals surface area contributed by atoms with Crippen molar-refractivity contribution in [1.29, 1.82) is 0 Å². The van der Waals surface area contributed by atoms with E-state index in [1.54, 1.807) is 29.2 Å². The average molecular weight is 330 g/mol. The number of benzene rings is 2. The van der Waals surface area contributed by atoms with Crippen molar-refractivity contribution >= 4 is 35.0 Å². The van der Waals surface area contributed by atoms with E-state index in [2.05, 4.69) is 5.32 Å². The van der Waals surface area contributed by atoms with Crippen LogP contribution in [0.5, 0.6) is 0 Å². The van der Waals surface area contributed by atoms with Crippen molar-refractivity contribution < 1.29 is 14.0 Å². The number of nitrogens with one attached hydrogen (secondary N) is 1. The molecule has 2 aromatic rings. The van der Waals surface area contributed by atoms with Crippen molar-refractivity contribution in [1.82, 2.24) is 0 Å². The molecule has 1 atom stereocenters. The molecule has 1 heterocycles. The average Bonchev–Trinajstić information content (AvgIpc) is 2.89. The Bertz CT molecular complexity index is 749. The Hall–Kier alpha value is -2.34. The number of carbonyl (C=O) groups excluding carboxylic acids is 2. The van der Waals surface area contributed by atoms with Gasteiger partial charge in [0.25, 0.3) is 0 Å². The normalized spacial score (nSPS) is 17.4. The molecular formula is C17H15FN2O2S. The van der Waals surface area contributed by atoms with Gasteiger partial charge in [0.05, 0.1) is 5.75 Å². The van der Waals surface area contributed by atoms with E-state index in [1.807, 2.05) is 12.1 Å². The molecule has 0 spiro atoms. The molecule has 0 aliphatic carbocycles. The van der Waals surface area contributed by atoms with Gasteiger partial charge < -0.3 is 5.32 Å². The highest BCUT2D eigenvalue weighted by atomic mass is 32.2. The second-order valence-electron chi connectivity index (χ2n) is 5.21. The van der Waals surface area contributed by atoms with Crippen LogP contribution in [-0.2, 0) is 9.59 Å². The van der Waals surface area contributed by atoms with E-state index in [1.165, 1.54) is 30.8 Å². The highest BCUT2D eigenvalue weighted by Crippen LogP contribution is 2.41. The molecule has 4 nitrogen and oxygen atoms in total. The first kappa shape index (κ1) is 15.6. The minimum Gasteiger partial charge on any atom is -0.326 e. The van der Waals surface area contributed by atoms with Crippen molar-refractivity contribution in [2.75, 3.05) is 16.0 Å². The van der Waals surface area contributed by atoms with Crippen LogP contribution in [0.25, 0.3) is 0 Å². The summed E-state index contributed by atoms with van der Waals surface area (Å²) >= 11 is 1.50. The van der Waals surface area contributed by atoms with Gasteiger partial charge in [0.2, 0.25) is 11.8 Å². The molecule has 1 aliphatic rings. The second kappa shape index (κ2) is 6.42. The zero-order valence-electron chi connectivity index (χ0n) is 12.5. The van der Waals surface area contributed by atoms with Gasteiger partial charge in [-0.3, -0.25) is 14.5 Å². The zero-order chi connectivity index (χ0) is 16.4. The van der Waals surface area contributed by atoms with Gasteiger partial charge >= 0.3 is 0 Å². The maximum atomic E-state index is 13.5. The van der Waals surface area contributed by atoms with Crippen LogP contribution in [0.15, 0.2) is 48.5 Å². The molecule has 1 saturated heterocycles. The molecular weight excluding hydrogens is 315 g/mol. The quantitative estimate of drug-likeness (QED) is 0.936. The summed E-state index contributed by atoms with van der Waals surface area (Å²) in [5, 5.41) is 2.51. The minimum absolute atomic E-state index is 0.0449. The van der Waals surface area contributed by atoms with Crippen LogP contribution < -0.4 is 10.2 Å². The Morgan fingerprint density at radius 1 is 1.26 bits per heavy atom. The third kappa shape index (κ3) is 3.37. The maximum Gasteiger partial charge on any atom is 0.238 e. The van der Waals surface area contributed by atoms with E-state index in [0.717, 1.165) is 5.56 Å². The molecule has 0 aromatic heterocycles. The molecule has 118 valence electrons. The molecule has 2 amide bonds. The van der Waals surface area contributed by atoms with Crippen LogP contribution in [0.4, 0.5) is 15.8 Å². The predicted molar refractivity (Wildman–Crippen MR) is 89.8 cm³/mol. The molecule has 0 bridgehead atoms. The van der Waals surface area contributed by atoms with Gasteiger partial charge in [-0.2, -0.15) is 0 Å². The van der Waals surface area contributed by atoms with Gasteiger partial charge in [0.15, 0.2) is 0 Å². The highest BCUT2D eigenvalue weighted by molar-refractivity contribution is 8.00. The molecule has 6 heteroatoms. The summed E-state index contributed by atoms with van der Waals surface area (Å²) in [6, 6.07) is 13.4. The number of nitrogens with zero attached hydrogens (tertiary/aromatic N) is 1. The first-order chi connectivity index (χ1) is 11.0. The van der Waals surface area contributed by atoms with Crippen LogP contribution in [0, 0.1) is 5.82 Å². The lowest BCUT2D eigenvalue weighted by Gasteiger charge is -2.24. The van der Waals surface area contributed by atoms with Crippen LogP contribution >= 0.6 is 11.8 Å². The first-order valence-corrected chi connectivity index (χ1v) is 8.16. The van der Waals surface area contributed by atoms with Crippen molar-refractivity contribution in [2.45, 2.75) is 12.3 Å². The maximum absolute atomic E-state index is 13.5. The fourth-order valence-electron chi connectivity index (χ4n) is 2.51. The van der Waals surface area contributed by atoms with Gasteiger partial charge in [-0.05, 0) is 35.9 Å². The van der Waals surface area contributed by atoms with Gasteiger partial charge in [0.1, 0.15) is 11.2 Å². The van der Waals surface area contributed by atoms with Crippen molar-refractivity contribution in [3.63, 3.8) is 0 Å². The molecule has 23 heavy (non-hydrogen) atoms. The highest BCUT2D eigenvalue weighted by Gasteiger charge is 2.34. The number of amides is 2. The SMILES string of the molecule is CC(=O)Nc1ccc([C@@H]2SCC(=O)N2c2cccc(F)c2)cc1. The Balaban J connectivity index is 1.88. The van der Waals surface area contributed by atoms with Gasteiger partial charge in [-0.1, -0.05) is 18.2 Å². The van der Waals surface area contributed by atoms with E-state index in [-0.39, 0.29) is 23.0 Å². The van der Waals surface area contributed by atoms with E-state index in [0.29, 0.717) is 17.1 Å². The number of rotatable bonds is 3. The Morgan fingerprint density at radius 2 is 2.00 bits per heavy atom. The molecule has 1 fully saturated rings. The summed E-state index contributed by atoms with van der Waals surface area (Å²) in [7, 11) is 0. The Labute approximate surface area is 137 Å². The van der Waals surface area contributed by atoms with E-state index in [9.17, 15) is 14.0 Å². The summed E-state index contributed by atoms with van der Waals surface area (Å²) < 4.78 is 13.5. The predicted octanol–water partition coefficient (Wildman–Crippen LogP) is 3.56. The molecule has 0 radical (unpaired) electrons. The van der Waals surface area contributed by atoms with Crippen LogP contribution in [-0.4, -0.2) is 17.6 Å². The van der Waals surface area contributed by atoms with Crippen LogP contribution in [0.3, 0.4) is 0 Å². The molecule has 0 saturated carbocycles. The molecule has 1 aliphatic heterocycles.